The van der Waals surface area contributed by atoms with Gasteiger partial charge in [-0.1, -0.05) is 0 Å². The van der Waals surface area contributed by atoms with Crippen molar-refractivity contribution in [1.82, 2.24) is 4.90 Å². The fourth-order valence-electron chi connectivity index (χ4n) is 1.22. The van der Waals surface area contributed by atoms with Crippen molar-refractivity contribution in [2.45, 2.75) is 18.1 Å². The lowest BCUT2D eigenvalue weighted by Gasteiger charge is -2.27. The summed E-state index contributed by atoms with van der Waals surface area (Å²) in [6.07, 6.45) is 4.99. The zero-order chi connectivity index (χ0) is 6.69. The van der Waals surface area contributed by atoms with Gasteiger partial charge in [0.15, 0.2) is 0 Å². The van der Waals surface area contributed by atoms with Gasteiger partial charge in [-0.15, -0.1) is 0 Å². The molecular formula is C7H15NS. The second kappa shape index (κ2) is 3.47. The Morgan fingerprint density at radius 3 is 2.33 bits per heavy atom. The van der Waals surface area contributed by atoms with E-state index < -0.39 is 0 Å². The van der Waals surface area contributed by atoms with Crippen LogP contribution < -0.4 is 0 Å². The smallest absolute Gasteiger partial charge is 0.00685 e. The fraction of sp³-hybridized carbons (Fsp3) is 1.00. The summed E-state index contributed by atoms with van der Waals surface area (Å²) in [5.74, 6) is 0. The SMILES string of the molecule is CSC1CCN(C)CC1. The van der Waals surface area contributed by atoms with E-state index in [1.165, 1.54) is 25.9 Å². The highest BCUT2D eigenvalue weighted by atomic mass is 32.2. The summed E-state index contributed by atoms with van der Waals surface area (Å²) < 4.78 is 0. The van der Waals surface area contributed by atoms with Crippen molar-refractivity contribution >= 4 is 11.8 Å². The quantitative estimate of drug-likeness (QED) is 0.549. The van der Waals surface area contributed by atoms with E-state index in [0.29, 0.717) is 0 Å². The molecule has 1 saturated heterocycles. The van der Waals surface area contributed by atoms with Gasteiger partial charge in [-0.05, 0) is 39.2 Å². The molecule has 0 aromatic rings. The van der Waals surface area contributed by atoms with Crippen LogP contribution in [0, 0.1) is 0 Å². The number of likely N-dealkylation sites (tertiary alicyclic amines) is 1. The highest BCUT2D eigenvalue weighted by Gasteiger charge is 2.14. The maximum absolute atomic E-state index is 2.41. The Hall–Kier alpha value is 0.310. The normalized spacial score (nSPS) is 24.7. The summed E-state index contributed by atoms with van der Waals surface area (Å²) in [7, 11) is 2.20. The molecule has 2 heteroatoms. The highest BCUT2D eigenvalue weighted by molar-refractivity contribution is 7.99. The van der Waals surface area contributed by atoms with E-state index in [1.54, 1.807) is 0 Å². The van der Waals surface area contributed by atoms with Gasteiger partial charge in [0.1, 0.15) is 0 Å². The fourth-order valence-corrected chi connectivity index (χ4v) is 1.90. The van der Waals surface area contributed by atoms with E-state index in [-0.39, 0.29) is 0 Å². The average molecular weight is 145 g/mol. The summed E-state index contributed by atoms with van der Waals surface area (Å²) in [5, 5.41) is 0.946. The molecule has 0 N–H and O–H groups in total. The molecule has 0 spiro atoms. The molecule has 1 heterocycles. The van der Waals surface area contributed by atoms with Gasteiger partial charge in [-0.2, -0.15) is 11.8 Å². The molecule has 0 atom stereocenters. The van der Waals surface area contributed by atoms with Gasteiger partial charge in [0, 0.05) is 5.25 Å². The Morgan fingerprint density at radius 1 is 1.33 bits per heavy atom. The van der Waals surface area contributed by atoms with Gasteiger partial charge in [0.25, 0.3) is 0 Å². The van der Waals surface area contributed by atoms with E-state index in [1.807, 2.05) is 11.8 Å². The zero-order valence-electron chi connectivity index (χ0n) is 6.26. The molecule has 0 aromatic carbocycles. The third kappa shape index (κ3) is 2.18. The van der Waals surface area contributed by atoms with Crippen LogP contribution in [0.5, 0.6) is 0 Å². The first-order valence-electron chi connectivity index (χ1n) is 3.54. The van der Waals surface area contributed by atoms with E-state index in [4.69, 9.17) is 0 Å². The van der Waals surface area contributed by atoms with Crippen LogP contribution in [-0.4, -0.2) is 36.5 Å². The molecule has 1 fully saturated rings. The molecule has 1 aliphatic rings. The number of rotatable bonds is 1. The summed E-state index contributed by atoms with van der Waals surface area (Å²) >= 11 is 2.02. The predicted molar refractivity (Wildman–Crippen MR) is 44.0 cm³/mol. The monoisotopic (exact) mass is 145 g/mol. The standard InChI is InChI=1S/C7H15NS/c1-8-5-3-7(9-2)4-6-8/h7H,3-6H2,1-2H3. The van der Waals surface area contributed by atoms with Gasteiger partial charge in [0.2, 0.25) is 0 Å². The molecule has 0 unspecified atom stereocenters. The highest BCUT2D eigenvalue weighted by Crippen LogP contribution is 2.19. The summed E-state index contributed by atoms with van der Waals surface area (Å²) in [4.78, 5) is 2.41. The molecule has 0 radical (unpaired) electrons. The Kier molecular flexibility index (Phi) is 2.86. The van der Waals surface area contributed by atoms with Crippen molar-refractivity contribution in [1.29, 1.82) is 0 Å². The summed E-state index contributed by atoms with van der Waals surface area (Å²) in [6.45, 7) is 2.59. The van der Waals surface area contributed by atoms with Gasteiger partial charge < -0.3 is 4.90 Å². The molecule has 0 saturated carbocycles. The van der Waals surface area contributed by atoms with Crippen molar-refractivity contribution < 1.29 is 0 Å². The lowest BCUT2D eigenvalue weighted by molar-refractivity contribution is 0.282. The molecule has 0 aliphatic carbocycles. The maximum Gasteiger partial charge on any atom is 0.00685 e. The third-order valence-electron chi connectivity index (χ3n) is 2.00. The second-order valence-electron chi connectivity index (χ2n) is 2.74. The zero-order valence-corrected chi connectivity index (χ0v) is 7.08. The minimum Gasteiger partial charge on any atom is -0.306 e. The molecule has 54 valence electrons. The molecule has 0 bridgehead atoms. The molecule has 1 rings (SSSR count). The number of thioether (sulfide) groups is 1. The Balaban J connectivity index is 2.18. The number of nitrogens with zero attached hydrogens (tertiary/aromatic N) is 1. The van der Waals surface area contributed by atoms with Crippen molar-refractivity contribution in [2.75, 3.05) is 26.4 Å². The van der Waals surface area contributed by atoms with Gasteiger partial charge in [-0.3, -0.25) is 0 Å². The van der Waals surface area contributed by atoms with Gasteiger partial charge in [0.05, 0.1) is 0 Å². The Morgan fingerprint density at radius 2 is 1.89 bits per heavy atom. The first-order valence-corrected chi connectivity index (χ1v) is 4.83. The first-order chi connectivity index (χ1) is 4.33. The van der Waals surface area contributed by atoms with Crippen molar-refractivity contribution in [3.05, 3.63) is 0 Å². The molecule has 0 aromatic heterocycles. The third-order valence-corrected chi connectivity index (χ3v) is 3.14. The van der Waals surface area contributed by atoms with Crippen LogP contribution in [0.4, 0.5) is 0 Å². The Labute approximate surface area is 61.8 Å². The van der Waals surface area contributed by atoms with Crippen molar-refractivity contribution in [2.24, 2.45) is 0 Å². The average Bonchev–Trinajstić information content (AvgIpc) is 1.90. The largest absolute Gasteiger partial charge is 0.306 e. The molecule has 0 amide bonds. The number of piperidine rings is 1. The van der Waals surface area contributed by atoms with Crippen LogP contribution in [0.1, 0.15) is 12.8 Å². The van der Waals surface area contributed by atoms with Crippen LogP contribution in [-0.2, 0) is 0 Å². The summed E-state index contributed by atoms with van der Waals surface area (Å²) in [6, 6.07) is 0. The minimum absolute atomic E-state index is 0.946. The molecule has 1 aliphatic heterocycles. The van der Waals surface area contributed by atoms with Crippen LogP contribution in [0.25, 0.3) is 0 Å². The lowest BCUT2D eigenvalue weighted by atomic mass is 10.1. The van der Waals surface area contributed by atoms with E-state index in [2.05, 4.69) is 18.2 Å². The van der Waals surface area contributed by atoms with Crippen LogP contribution >= 0.6 is 11.8 Å². The molecule has 1 nitrogen and oxygen atoms in total. The predicted octanol–water partition coefficient (Wildman–Crippen LogP) is 1.44. The summed E-state index contributed by atoms with van der Waals surface area (Å²) in [5.41, 5.74) is 0. The Bertz CT molecular complexity index is 77.0. The van der Waals surface area contributed by atoms with E-state index >= 15 is 0 Å². The van der Waals surface area contributed by atoms with Gasteiger partial charge >= 0.3 is 0 Å². The van der Waals surface area contributed by atoms with Crippen LogP contribution in [0.15, 0.2) is 0 Å². The van der Waals surface area contributed by atoms with E-state index in [9.17, 15) is 0 Å². The first kappa shape index (κ1) is 7.42. The van der Waals surface area contributed by atoms with Gasteiger partial charge in [-0.25, -0.2) is 0 Å². The lowest BCUT2D eigenvalue weighted by Crippen LogP contribution is -2.31. The maximum atomic E-state index is 2.41. The van der Waals surface area contributed by atoms with Crippen LogP contribution in [0.3, 0.4) is 0 Å². The second-order valence-corrected chi connectivity index (χ2v) is 3.88. The minimum atomic E-state index is 0.946. The van der Waals surface area contributed by atoms with Crippen molar-refractivity contribution in [3.63, 3.8) is 0 Å². The number of hydrogen-bond donors (Lipinski definition) is 0. The molecule has 9 heavy (non-hydrogen) atoms. The number of hydrogen-bond acceptors (Lipinski definition) is 2. The van der Waals surface area contributed by atoms with Crippen molar-refractivity contribution in [3.8, 4) is 0 Å². The van der Waals surface area contributed by atoms with E-state index in [0.717, 1.165) is 5.25 Å². The topological polar surface area (TPSA) is 3.24 Å². The molecular weight excluding hydrogens is 130 g/mol. The van der Waals surface area contributed by atoms with Crippen LogP contribution in [0.2, 0.25) is 0 Å².